The van der Waals surface area contributed by atoms with Crippen LogP contribution in [0.5, 0.6) is 0 Å². The molecule has 0 saturated carbocycles. The molecule has 0 fully saturated rings. The number of aliphatic imine (C=N–C) groups is 1. The fourth-order valence-corrected chi connectivity index (χ4v) is 3.63. The third kappa shape index (κ3) is 5.27. The molecule has 2 heterocycles. The largest absolute Gasteiger partial charge is 0.351 e. The molecule has 26 heavy (non-hydrogen) atoms. The Hall–Kier alpha value is -0.990. The Balaban J connectivity index is 0.00000243. The van der Waals surface area contributed by atoms with E-state index in [9.17, 15) is 0 Å². The van der Waals surface area contributed by atoms with Gasteiger partial charge in [-0.25, -0.2) is 4.98 Å². The summed E-state index contributed by atoms with van der Waals surface area (Å²) in [4.78, 5) is 8.99. The van der Waals surface area contributed by atoms with Crippen molar-refractivity contribution < 1.29 is 0 Å². The normalized spacial score (nSPS) is 15.0. The predicted octanol–water partition coefficient (Wildman–Crippen LogP) is 4.57. The summed E-state index contributed by atoms with van der Waals surface area (Å²) in [6.45, 7) is 3.75. The number of imidazole rings is 1. The van der Waals surface area contributed by atoms with Crippen molar-refractivity contribution in [2.45, 2.75) is 45.3 Å². The molecule has 2 N–H and O–H groups in total. The molecule has 5 nitrogen and oxygen atoms in total. The van der Waals surface area contributed by atoms with Gasteiger partial charge in [-0.2, -0.15) is 0 Å². The molecule has 3 rings (SSSR count). The van der Waals surface area contributed by atoms with Crippen LogP contribution in [0.4, 0.5) is 0 Å². The van der Waals surface area contributed by atoms with Gasteiger partial charge in [0.15, 0.2) is 5.96 Å². The molecule has 0 amide bonds. The average Bonchev–Trinajstić information content (AvgIpc) is 3.01. The van der Waals surface area contributed by atoms with Crippen molar-refractivity contribution in [3.8, 4) is 0 Å². The van der Waals surface area contributed by atoms with Gasteiger partial charge in [-0.1, -0.05) is 29.3 Å². The second-order valence-electron chi connectivity index (χ2n) is 6.26. The SMILES string of the molecule is CN=C(NCc1cn2c(n1)CCCC2)NC(C)c1ccc(Cl)cc1Cl.I. The van der Waals surface area contributed by atoms with Gasteiger partial charge in [-0.15, -0.1) is 24.0 Å². The average molecular weight is 508 g/mol. The highest BCUT2D eigenvalue weighted by atomic mass is 127. The van der Waals surface area contributed by atoms with Crippen LogP contribution in [0, 0.1) is 0 Å². The lowest BCUT2D eigenvalue weighted by Gasteiger charge is -2.19. The monoisotopic (exact) mass is 507 g/mol. The number of nitrogens with zero attached hydrogens (tertiary/aromatic N) is 3. The van der Waals surface area contributed by atoms with Crippen LogP contribution < -0.4 is 10.6 Å². The molecular weight excluding hydrogens is 484 g/mol. The smallest absolute Gasteiger partial charge is 0.191 e. The third-order valence-corrected chi connectivity index (χ3v) is 4.96. The van der Waals surface area contributed by atoms with E-state index in [2.05, 4.69) is 26.4 Å². The van der Waals surface area contributed by atoms with Crippen LogP contribution in [0.2, 0.25) is 10.0 Å². The van der Waals surface area contributed by atoms with Gasteiger partial charge in [0.25, 0.3) is 0 Å². The number of aryl methyl sites for hydroxylation is 2. The van der Waals surface area contributed by atoms with Gasteiger partial charge in [0, 0.05) is 36.3 Å². The van der Waals surface area contributed by atoms with Gasteiger partial charge in [-0.05, 0) is 37.5 Å². The first-order valence-electron chi connectivity index (χ1n) is 8.54. The lowest BCUT2D eigenvalue weighted by atomic mass is 10.1. The summed E-state index contributed by atoms with van der Waals surface area (Å²) in [5.41, 5.74) is 2.02. The van der Waals surface area contributed by atoms with Crippen LogP contribution in [0.15, 0.2) is 29.4 Å². The van der Waals surface area contributed by atoms with E-state index in [-0.39, 0.29) is 30.0 Å². The van der Waals surface area contributed by atoms with E-state index in [1.807, 2.05) is 19.1 Å². The molecule has 1 atom stereocenters. The van der Waals surface area contributed by atoms with Crippen LogP contribution in [-0.4, -0.2) is 22.6 Å². The minimum Gasteiger partial charge on any atom is -0.351 e. The fraction of sp³-hybridized carbons (Fsp3) is 0.444. The van der Waals surface area contributed by atoms with E-state index in [1.165, 1.54) is 18.7 Å². The quantitative estimate of drug-likeness (QED) is 0.362. The zero-order chi connectivity index (χ0) is 17.8. The second-order valence-corrected chi connectivity index (χ2v) is 7.10. The highest BCUT2D eigenvalue weighted by molar-refractivity contribution is 14.0. The number of aromatic nitrogens is 2. The maximum absolute atomic E-state index is 6.28. The molecule has 1 aromatic heterocycles. The van der Waals surface area contributed by atoms with Gasteiger partial charge in [0.05, 0.1) is 18.3 Å². The number of guanidine groups is 1. The van der Waals surface area contributed by atoms with Crippen molar-refractivity contribution in [2.24, 2.45) is 4.99 Å². The van der Waals surface area contributed by atoms with E-state index < -0.39 is 0 Å². The minimum absolute atomic E-state index is 0. The number of benzene rings is 1. The van der Waals surface area contributed by atoms with Crippen molar-refractivity contribution in [1.82, 2.24) is 20.2 Å². The highest BCUT2D eigenvalue weighted by Gasteiger charge is 2.14. The van der Waals surface area contributed by atoms with Crippen molar-refractivity contribution in [3.05, 3.63) is 51.5 Å². The fourth-order valence-electron chi connectivity index (χ4n) is 3.06. The molecule has 8 heteroatoms. The second kappa shape index (κ2) is 9.80. The molecule has 142 valence electrons. The van der Waals surface area contributed by atoms with E-state index in [4.69, 9.17) is 28.2 Å². The Labute approximate surface area is 181 Å². The summed E-state index contributed by atoms with van der Waals surface area (Å²) in [6.07, 6.45) is 5.67. The summed E-state index contributed by atoms with van der Waals surface area (Å²) >= 11 is 12.2. The summed E-state index contributed by atoms with van der Waals surface area (Å²) in [5, 5.41) is 7.95. The summed E-state index contributed by atoms with van der Waals surface area (Å²) in [6, 6.07) is 5.53. The maximum Gasteiger partial charge on any atom is 0.191 e. The van der Waals surface area contributed by atoms with Crippen LogP contribution in [0.25, 0.3) is 0 Å². The Morgan fingerprint density at radius 2 is 2.15 bits per heavy atom. The first-order chi connectivity index (χ1) is 12.1. The van der Waals surface area contributed by atoms with Crippen LogP contribution in [0.3, 0.4) is 0 Å². The van der Waals surface area contributed by atoms with Gasteiger partial charge < -0.3 is 15.2 Å². The first-order valence-corrected chi connectivity index (χ1v) is 9.29. The Kier molecular flexibility index (Phi) is 8.04. The summed E-state index contributed by atoms with van der Waals surface area (Å²) in [7, 11) is 1.75. The Morgan fingerprint density at radius 3 is 2.85 bits per heavy atom. The lowest BCUT2D eigenvalue weighted by molar-refractivity contribution is 0.522. The van der Waals surface area contributed by atoms with Gasteiger partial charge in [0.1, 0.15) is 5.82 Å². The van der Waals surface area contributed by atoms with Crippen LogP contribution in [-0.2, 0) is 19.5 Å². The first kappa shape index (κ1) is 21.3. The molecule has 0 bridgehead atoms. The van der Waals surface area contributed by atoms with Gasteiger partial charge in [0.2, 0.25) is 0 Å². The number of halogens is 3. The van der Waals surface area contributed by atoms with E-state index in [0.29, 0.717) is 22.5 Å². The van der Waals surface area contributed by atoms with E-state index in [0.717, 1.165) is 24.2 Å². The number of hydrogen-bond acceptors (Lipinski definition) is 2. The summed E-state index contributed by atoms with van der Waals surface area (Å²) < 4.78 is 2.26. The molecule has 1 unspecified atom stereocenters. The minimum atomic E-state index is 0. The van der Waals surface area contributed by atoms with E-state index >= 15 is 0 Å². The zero-order valence-electron chi connectivity index (χ0n) is 14.9. The Bertz CT molecular complexity index is 751. The molecule has 0 radical (unpaired) electrons. The molecule has 0 aliphatic carbocycles. The van der Waals surface area contributed by atoms with Crippen molar-refractivity contribution in [3.63, 3.8) is 0 Å². The lowest BCUT2D eigenvalue weighted by Crippen LogP contribution is -2.38. The molecule has 1 aromatic carbocycles. The number of rotatable bonds is 4. The molecule has 2 aromatic rings. The third-order valence-electron chi connectivity index (χ3n) is 4.40. The zero-order valence-corrected chi connectivity index (χ0v) is 18.8. The molecule has 1 aliphatic heterocycles. The topological polar surface area (TPSA) is 54.2 Å². The van der Waals surface area contributed by atoms with Crippen molar-refractivity contribution in [1.29, 1.82) is 0 Å². The molecular formula is C18H24Cl2IN5. The van der Waals surface area contributed by atoms with Crippen molar-refractivity contribution >= 4 is 53.1 Å². The standard InChI is InChI=1S/C18H23Cl2N5.HI/c1-12(15-7-6-13(19)9-16(15)20)23-18(21-2)22-10-14-11-25-8-4-3-5-17(25)24-14;/h6-7,9,11-12H,3-5,8,10H2,1-2H3,(H2,21,22,23);1H. The highest BCUT2D eigenvalue weighted by Crippen LogP contribution is 2.26. The van der Waals surface area contributed by atoms with Crippen molar-refractivity contribution in [2.75, 3.05) is 7.05 Å². The van der Waals surface area contributed by atoms with E-state index in [1.54, 1.807) is 13.1 Å². The summed E-state index contributed by atoms with van der Waals surface area (Å²) in [5.74, 6) is 1.90. The molecule has 0 saturated heterocycles. The van der Waals surface area contributed by atoms with Gasteiger partial charge in [-0.3, -0.25) is 4.99 Å². The molecule has 1 aliphatic rings. The maximum atomic E-state index is 6.28. The predicted molar refractivity (Wildman–Crippen MR) is 119 cm³/mol. The molecule has 0 spiro atoms. The van der Waals surface area contributed by atoms with Crippen LogP contribution >= 0.6 is 47.2 Å². The van der Waals surface area contributed by atoms with Crippen LogP contribution in [0.1, 0.15) is 42.9 Å². The Morgan fingerprint density at radius 1 is 1.35 bits per heavy atom. The number of nitrogens with one attached hydrogen (secondary N) is 2. The number of hydrogen-bond donors (Lipinski definition) is 2. The number of fused-ring (bicyclic) bond motifs is 1. The van der Waals surface area contributed by atoms with Gasteiger partial charge >= 0.3 is 0 Å².